The summed E-state index contributed by atoms with van der Waals surface area (Å²) in [6.07, 6.45) is 0.0765. The van der Waals surface area contributed by atoms with Crippen LogP contribution < -0.4 is 0 Å². The molecule has 3 nitrogen and oxygen atoms in total. The van der Waals surface area contributed by atoms with Crippen LogP contribution in [0.3, 0.4) is 0 Å². The third kappa shape index (κ3) is 3.44. The second kappa shape index (κ2) is 5.03. The van der Waals surface area contributed by atoms with Gasteiger partial charge in [0.25, 0.3) is 0 Å². The second-order valence-corrected chi connectivity index (χ2v) is 3.87. The molecule has 0 saturated carbocycles. The van der Waals surface area contributed by atoms with Crippen molar-refractivity contribution in [3.8, 4) is 0 Å². The number of hydrogen-bond donors (Lipinski definition) is 0. The summed E-state index contributed by atoms with van der Waals surface area (Å²) >= 11 is 0. The number of Topliss-reactive ketones (excluding diaryl/α,β-unsaturated/α-hetero) is 1. The number of carbonyl (C=O) groups is 1. The molecule has 0 atom stereocenters. The fraction of sp³-hybridized carbons (Fsp3) is 0.500. The number of rotatable bonds is 4. The standard InChI is InChI=1S/C12H17NO2/c1-8(2)15-7-12(14)11-6-5-9(3)13-10(11)4/h5-6,8H,7H2,1-4H3. The Hall–Kier alpha value is -1.22. The molecule has 0 spiro atoms. The lowest BCUT2D eigenvalue weighted by Crippen LogP contribution is -2.15. The molecule has 0 radical (unpaired) electrons. The van der Waals surface area contributed by atoms with Crippen LogP contribution >= 0.6 is 0 Å². The number of ether oxygens (including phenoxy) is 1. The van der Waals surface area contributed by atoms with E-state index in [1.807, 2.05) is 39.8 Å². The van der Waals surface area contributed by atoms with Crippen molar-refractivity contribution in [2.75, 3.05) is 6.61 Å². The number of aromatic nitrogens is 1. The average Bonchev–Trinajstić information content (AvgIpc) is 2.14. The van der Waals surface area contributed by atoms with Crippen LogP contribution in [0.1, 0.15) is 35.6 Å². The molecule has 0 aliphatic carbocycles. The molecular weight excluding hydrogens is 190 g/mol. The molecule has 0 fully saturated rings. The third-order valence-corrected chi connectivity index (χ3v) is 2.07. The van der Waals surface area contributed by atoms with Gasteiger partial charge in [-0.2, -0.15) is 0 Å². The highest BCUT2D eigenvalue weighted by Crippen LogP contribution is 2.08. The van der Waals surface area contributed by atoms with Crippen molar-refractivity contribution in [2.24, 2.45) is 0 Å². The summed E-state index contributed by atoms with van der Waals surface area (Å²) in [6, 6.07) is 3.65. The van der Waals surface area contributed by atoms with Gasteiger partial charge < -0.3 is 4.74 Å². The number of ketones is 1. The minimum atomic E-state index is -0.00583. The Balaban J connectivity index is 2.74. The van der Waals surface area contributed by atoms with Crippen molar-refractivity contribution in [2.45, 2.75) is 33.8 Å². The summed E-state index contributed by atoms with van der Waals surface area (Å²) < 4.78 is 5.27. The Bertz CT molecular complexity index is 359. The zero-order valence-electron chi connectivity index (χ0n) is 9.70. The van der Waals surface area contributed by atoms with E-state index in [0.29, 0.717) is 5.56 Å². The molecule has 0 saturated heterocycles. The Morgan fingerprint density at radius 1 is 1.40 bits per heavy atom. The normalized spacial score (nSPS) is 10.7. The average molecular weight is 207 g/mol. The van der Waals surface area contributed by atoms with E-state index in [2.05, 4.69) is 4.98 Å². The largest absolute Gasteiger partial charge is 0.371 e. The first-order valence-corrected chi connectivity index (χ1v) is 5.09. The number of carbonyl (C=O) groups excluding carboxylic acids is 1. The van der Waals surface area contributed by atoms with Crippen molar-refractivity contribution in [3.63, 3.8) is 0 Å². The molecule has 0 bridgehead atoms. The van der Waals surface area contributed by atoms with Crippen LogP contribution in [0, 0.1) is 13.8 Å². The van der Waals surface area contributed by atoms with Gasteiger partial charge in [0.2, 0.25) is 0 Å². The summed E-state index contributed by atoms with van der Waals surface area (Å²) in [4.78, 5) is 16.0. The number of hydrogen-bond acceptors (Lipinski definition) is 3. The molecular formula is C12H17NO2. The third-order valence-electron chi connectivity index (χ3n) is 2.07. The maximum absolute atomic E-state index is 11.7. The molecule has 0 N–H and O–H groups in total. The van der Waals surface area contributed by atoms with Gasteiger partial charge in [0.05, 0.1) is 6.10 Å². The maximum Gasteiger partial charge on any atom is 0.190 e. The molecule has 0 amide bonds. The summed E-state index contributed by atoms with van der Waals surface area (Å²) in [5.74, 6) is -0.00583. The first kappa shape index (κ1) is 11.9. The zero-order chi connectivity index (χ0) is 11.4. The second-order valence-electron chi connectivity index (χ2n) is 3.87. The van der Waals surface area contributed by atoms with Crippen LogP contribution in [0.4, 0.5) is 0 Å². The number of nitrogens with zero attached hydrogens (tertiary/aromatic N) is 1. The predicted octanol–water partition coefficient (Wildman–Crippen LogP) is 2.31. The monoisotopic (exact) mass is 207 g/mol. The van der Waals surface area contributed by atoms with E-state index in [9.17, 15) is 4.79 Å². The van der Waals surface area contributed by atoms with Crippen LogP contribution in [0.25, 0.3) is 0 Å². The molecule has 1 rings (SSSR count). The molecule has 0 aliphatic rings. The summed E-state index contributed by atoms with van der Waals surface area (Å²) in [5.41, 5.74) is 2.35. The van der Waals surface area contributed by atoms with Gasteiger partial charge in [0.1, 0.15) is 6.61 Å². The number of aryl methyl sites for hydroxylation is 2. The Labute approximate surface area is 90.5 Å². The summed E-state index contributed by atoms with van der Waals surface area (Å²) in [6.45, 7) is 7.70. The van der Waals surface area contributed by atoms with Crippen LogP contribution in [0.15, 0.2) is 12.1 Å². The summed E-state index contributed by atoms with van der Waals surface area (Å²) in [5, 5.41) is 0. The van der Waals surface area contributed by atoms with Crippen molar-refractivity contribution < 1.29 is 9.53 Å². The van der Waals surface area contributed by atoms with Crippen molar-refractivity contribution in [1.29, 1.82) is 0 Å². The van der Waals surface area contributed by atoms with E-state index in [0.717, 1.165) is 11.4 Å². The summed E-state index contributed by atoms with van der Waals surface area (Å²) in [7, 11) is 0. The SMILES string of the molecule is Cc1ccc(C(=O)COC(C)C)c(C)n1. The predicted molar refractivity (Wildman–Crippen MR) is 59.1 cm³/mol. The Morgan fingerprint density at radius 3 is 2.60 bits per heavy atom. The first-order valence-electron chi connectivity index (χ1n) is 5.09. The topological polar surface area (TPSA) is 39.2 Å². The molecule has 1 aromatic heterocycles. The van der Waals surface area contributed by atoms with Gasteiger partial charge in [-0.25, -0.2) is 0 Å². The van der Waals surface area contributed by atoms with Crippen molar-refractivity contribution in [3.05, 3.63) is 29.1 Å². The van der Waals surface area contributed by atoms with E-state index in [-0.39, 0.29) is 18.5 Å². The molecule has 0 unspecified atom stereocenters. The van der Waals surface area contributed by atoms with Crippen LogP contribution in [-0.2, 0) is 4.74 Å². The van der Waals surface area contributed by atoms with E-state index in [4.69, 9.17) is 4.74 Å². The lowest BCUT2D eigenvalue weighted by molar-refractivity contribution is 0.0584. The molecule has 0 aromatic carbocycles. The van der Waals surface area contributed by atoms with Gasteiger partial charge in [-0.05, 0) is 39.8 Å². The molecule has 0 aliphatic heterocycles. The van der Waals surface area contributed by atoms with Gasteiger partial charge in [0.15, 0.2) is 5.78 Å². The Morgan fingerprint density at radius 2 is 2.07 bits per heavy atom. The molecule has 82 valence electrons. The lowest BCUT2D eigenvalue weighted by Gasteiger charge is -2.08. The van der Waals surface area contributed by atoms with E-state index >= 15 is 0 Å². The van der Waals surface area contributed by atoms with Gasteiger partial charge in [-0.15, -0.1) is 0 Å². The molecule has 1 heterocycles. The lowest BCUT2D eigenvalue weighted by atomic mass is 10.1. The van der Waals surface area contributed by atoms with Gasteiger partial charge >= 0.3 is 0 Å². The minimum Gasteiger partial charge on any atom is -0.371 e. The van der Waals surface area contributed by atoms with Gasteiger partial charge in [0, 0.05) is 17.0 Å². The van der Waals surface area contributed by atoms with Crippen molar-refractivity contribution in [1.82, 2.24) is 4.98 Å². The minimum absolute atomic E-state index is 0.00583. The fourth-order valence-corrected chi connectivity index (χ4v) is 1.30. The molecule has 1 aromatic rings. The zero-order valence-corrected chi connectivity index (χ0v) is 9.70. The van der Waals surface area contributed by atoms with E-state index in [1.54, 1.807) is 0 Å². The van der Waals surface area contributed by atoms with Gasteiger partial charge in [-0.3, -0.25) is 9.78 Å². The highest BCUT2D eigenvalue weighted by molar-refractivity contribution is 5.98. The fourth-order valence-electron chi connectivity index (χ4n) is 1.30. The van der Waals surface area contributed by atoms with Crippen LogP contribution in [0.5, 0.6) is 0 Å². The quantitative estimate of drug-likeness (QED) is 0.711. The highest BCUT2D eigenvalue weighted by atomic mass is 16.5. The van der Waals surface area contributed by atoms with Crippen LogP contribution in [-0.4, -0.2) is 23.5 Å². The number of pyridine rings is 1. The smallest absolute Gasteiger partial charge is 0.190 e. The van der Waals surface area contributed by atoms with Crippen LogP contribution in [0.2, 0.25) is 0 Å². The highest BCUT2D eigenvalue weighted by Gasteiger charge is 2.10. The first-order chi connectivity index (χ1) is 7.00. The maximum atomic E-state index is 11.7. The van der Waals surface area contributed by atoms with Gasteiger partial charge in [-0.1, -0.05) is 0 Å². The molecule has 3 heteroatoms. The van der Waals surface area contributed by atoms with E-state index < -0.39 is 0 Å². The Kier molecular flexibility index (Phi) is 3.97. The van der Waals surface area contributed by atoms with E-state index in [1.165, 1.54) is 0 Å². The molecule has 15 heavy (non-hydrogen) atoms. The van der Waals surface area contributed by atoms with Crippen molar-refractivity contribution >= 4 is 5.78 Å².